The Labute approximate surface area is 189 Å². The lowest BCUT2D eigenvalue weighted by Crippen LogP contribution is -2.45. The maximum absolute atomic E-state index is 13.5. The van der Waals surface area contributed by atoms with Gasteiger partial charge in [-0.2, -0.15) is 5.10 Å². The van der Waals surface area contributed by atoms with Gasteiger partial charge in [0.1, 0.15) is 0 Å². The zero-order valence-corrected chi connectivity index (χ0v) is 18.8. The second-order valence-electron chi connectivity index (χ2n) is 8.52. The minimum Gasteiger partial charge on any atom is -0.334 e. The molecular formula is C22H23Cl2N5O2. The first-order chi connectivity index (χ1) is 14.9. The van der Waals surface area contributed by atoms with Crippen molar-refractivity contribution in [3.8, 4) is 0 Å². The zero-order valence-electron chi connectivity index (χ0n) is 17.3. The second-order valence-corrected chi connectivity index (χ2v) is 9.30. The van der Waals surface area contributed by atoms with E-state index in [1.54, 1.807) is 11.1 Å². The molecule has 0 radical (unpaired) electrons. The number of hydrogen-bond donors (Lipinski definition) is 3. The van der Waals surface area contributed by atoms with Crippen LogP contribution in [0.2, 0.25) is 10.0 Å². The smallest absolute Gasteiger partial charge is 0.256 e. The predicted molar refractivity (Wildman–Crippen MR) is 121 cm³/mol. The summed E-state index contributed by atoms with van der Waals surface area (Å²) in [6, 6.07) is 1.92. The normalized spacial score (nSPS) is 17.7. The molecule has 1 aromatic carbocycles. The molecule has 3 N–H and O–H groups in total. The van der Waals surface area contributed by atoms with Crippen LogP contribution >= 0.6 is 23.2 Å². The minimum absolute atomic E-state index is 0.173. The predicted octanol–water partition coefficient (Wildman–Crippen LogP) is 3.39. The third-order valence-corrected chi connectivity index (χ3v) is 7.50. The maximum atomic E-state index is 13.5. The van der Waals surface area contributed by atoms with E-state index in [1.165, 1.54) is 0 Å². The molecule has 162 valence electrons. The SMILES string of the molecule is Cc1[nH]c(=O)c(CN2CCc3c(Cl)cc(C(C)C4CNC4)c(Cl)c3C2=O)c2[nH]ncc12. The Kier molecular flexibility index (Phi) is 5.07. The van der Waals surface area contributed by atoms with E-state index in [4.69, 9.17) is 23.2 Å². The van der Waals surface area contributed by atoms with Crippen LogP contribution < -0.4 is 10.9 Å². The van der Waals surface area contributed by atoms with Gasteiger partial charge in [0.2, 0.25) is 0 Å². The number of nitrogens with zero attached hydrogens (tertiary/aromatic N) is 2. The number of carbonyl (C=O) groups is 1. The van der Waals surface area contributed by atoms with Crippen molar-refractivity contribution in [2.45, 2.75) is 32.7 Å². The average Bonchev–Trinajstić information content (AvgIpc) is 3.17. The van der Waals surface area contributed by atoms with Crippen LogP contribution in [0.15, 0.2) is 17.1 Å². The molecule has 2 aliphatic heterocycles. The fraction of sp³-hybridized carbons (Fsp3) is 0.409. The largest absolute Gasteiger partial charge is 0.334 e. The number of carbonyl (C=O) groups excluding carboxylic acids is 1. The van der Waals surface area contributed by atoms with Crippen molar-refractivity contribution in [1.82, 2.24) is 25.4 Å². The van der Waals surface area contributed by atoms with Gasteiger partial charge in [0.15, 0.2) is 0 Å². The highest BCUT2D eigenvalue weighted by Crippen LogP contribution is 2.40. The summed E-state index contributed by atoms with van der Waals surface area (Å²) in [5.41, 5.74) is 3.84. The summed E-state index contributed by atoms with van der Waals surface area (Å²) >= 11 is 13.4. The molecule has 3 aromatic rings. The number of nitrogens with one attached hydrogen (secondary N) is 3. The third-order valence-electron chi connectivity index (χ3n) is 6.76. The van der Waals surface area contributed by atoms with Crippen LogP contribution in [0.25, 0.3) is 10.9 Å². The van der Waals surface area contributed by atoms with Crippen LogP contribution in [0.4, 0.5) is 0 Å². The number of H-pyrrole nitrogens is 2. The van der Waals surface area contributed by atoms with Gasteiger partial charge >= 0.3 is 0 Å². The molecule has 5 rings (SSSR count). The standard InChI is InChI=1S/C22H23Cl2N5O2/c1-10(12-6-25-7-12)14-5-17(23)13-3-4-29(22(31)18(13)19(14)24)9-16-20-15(8-26-28-20)11(2)27-21(16)30/h5,8,10,12,25H,3-4,6-7,9H2,1-2H3,(H,26,28)(H,27,30). The quantitative estimate of drug-likeness (QED) is 0.557. The Hall–Kier alpha value is -2.35. The monoisotopic (exact) mass is 459 g/mol. The lowest BCUT2D eigenvalue weighted by atomic mass is 9.82. The van der Waals surface area contributed by atoms with E-state index in [0.29, 0.717) is 45.6 Å². The van der Waals surface area contributed by atoms with Gasteiger partial charge < -0.3 is 15.2 Å². The Morgan fingerprint density at radius 2 is 2.06 bits per heavy atom. The number of rotatable bonds is 4. The van der Waals surface area contributed by atoms with Crippen LogP contribution in [-0.2, 0) is 13.0 Å². The highest BCUT2D eigenvalue weighted by atomic mass is 35.5. The van der Waals surface area contributed by atoms with E-state index in [0.717, 1.165) is 35.3 Å². The molecule has 9 heteroatoms. The number of amides is 1. The van der Waals surface area contributed by atoms with Gasteiger partial charge in [-0.25, -0.2) is 0 Å². The number of halogens is 2. The van der Waals surface area contributed by atoms with Gasteiger partial charge in [0.05, 0.1) is 34.4 Å². The number of hydrogen-bond acceptors (Lipinski definition) is 4. The van der Waals surface area contributed by atoms with Crippen LogP contribution in [-0.4, -0.2) is 45.6 Å². The molecule has 31 heavy (non-hydrogen) atoms. The number of fused-ring (bicyclic) bond motifs is 2. The first kappa shape index (κ1) is 20.5. The Balaban J connectivity index is 1.53. The molecule has 0 bridgehead atoms. The summed E-state index contributed by atoms with van der Waals surface area (Å²) in [6.45, 7) is 6.46. The number of aromatic amines is 2. The highest BCUT2D eigenvalue weighted by Gasteiger charge is 2.34. The van der Waals surface area contributed by atoms with Crippen molar-refractivity contribution in [3.05, 3.63) is 60.6 Å². The van der Waals surface area contributed by atoms with E-state index in [9.17, 15) is 9.59 Å². The molecule has 0 aliphatic carbocycles. The molecule has 7 nitrogen and oxygen atoms in total. The van der Waals surface area contributed by atoms with Crippen LogP contribution in [0, 0.1) is 12.8 Å². The summed E-state index contributed by atoms with van der Waals surface area (Å²) in [5.74, 6) is 0.479. The molecule has 0 saturated carbocycles. The summed E-state index contributed by atoms with van der Waals surface area (Å²) < 4.78 is 0. The minimum atomic E-state index is -0.225. The van der Waals surface area contributed by atoms with Crippen LogP contribution in [0.5, 0.6) is 0 Å². The van der Waals surface area contributed by atoms with Crippen LogP contribution in [0.3, 0.4) is 0 Å². The lowest BCUT2D eigenvalue weighted by Gasteiger charge is -2.35. The summed E-state index contributed by atoms with van der Waals surface area (Å²) in [7, 11) is 0. The molecule has 1 unspecified atom stereocenters. The van der Waals surface area contributed by atoms with Gasteiger partial charge in [0, 0.05) is 22.6 Å². The number of aryl methyl sites for hydroxylation is 1. The van der Waals surface area contributed by atoms with Crippen LogP contribution in [0.1, 0.15) is 45.6 Å². The van der Waals surface area contributed by atoms with Gasteiger partial charge in [-0.05, 0) is 55.5 Å². The summed E-state index contributed by atoms with van der Waals surface area (Å²) in [4.78, 5) is 30.7. The van der Waals surface area contributed by atoms with E-state index < -0.39 is 0 Å². The Bertz CT molecular complexity index is 1260. The van der Waals surface area contributed by atoms with E-state index in [2.05, 4.69) is 27.4 Å². The fourth-order valence-electron chi connectivity index (χ4n) is 4.63. The van der Waals surface area contributed by atoms with Crippen molar-refractivity contribution in [1.29, 1.82) is 0 Å². The molecule has 1 atom stereocenters. The van der Waals surface area contributed by atoms with E-state index in [-0.39, 0.29) is 23.9 Å². The zero-order chi connectivity index (χ0) is 21.9. The molecule has 2 aliphatic rings. The molecule has 1 amide bonds. The second kappa shape index (κ2) is 7.65. The molecule has 2 aromatic heterocycles. The molecule has 4 heterocycles. The maximum Gasteiger partial charge on any atom is 0.256 e. The van der Waals surface area contributed by atoms with Gasteiger partial charge in [-0.1, -0.05) is 30.1 Å². The lowest BCUT2D eigenvalue weighted by molar-refractivity contribution is 0.0727. The van der Waals surface area contributed by atoms with Crippen molar-refractivity contribution < 1.29 is 4.79 Å². The Morgan fingerprint density at radius 3 is 2.77 bits per heavy atom. The topological polar surface area (TPSA) is 93.9 Å². The summed E-state index contributed by atoms with van der Waals surface area (Å²) in [5, 5.41) is 12.2. The number of benzene rings is 1. The average molecular weight is 460 g/mol. The third kappa shape index (κ3) is 3.26. The number of pyridine rings is 1. The fourth-order valence-corrected chi connectivity index (χ4v) is 5.35. The van der Waals surface area contributed by atoms with Crippen molar-refractivity contribution in [2.75, 3.05) is 19.6 Å². The van der Waals surface area contributed by atoms with Gasteiger partial charge in [-0.15, -0.1) is 0 Å². The van der Waals surface area contributed by atoms with E-state index >= 15 is 0 Å². The number of aromatic nitrogens is 3. The molecule has 0 spiro atoms. The molecular weight excluding hydrogens is 437 g/mol. The molecule has 1 fully saturated rings. The van der Waals surface area contributed by atoms with Gasteiger partial charge in [-0.3, -0.25) is 14.7 Å². The van der Waals surface area contributed by atoms with Crippen molar-refractivity contribution in [2.24, 2.45) is 5.92 Å². The van der Waals surface area contributed by atoms with Crippen molar-refractivity contribution in [3.63, 3.8) is 0 Å². The first-order valence-corrected chi connectivity index (χ1v) is 11.2. The van der Waals surface area contributed by atoms with Gasteiger partial charge in [0.25, 0.3) is 11.5 Å². The Morgan fingerprint density at radius 1 is 1.29 bits per heavy atom. The first-order valence-electron chi connectivity index (χ1n) is 10.4. The molecule has 1 saturated heterocycles. The summed E-state index contributed by atoms with van der Waals surface area (Å²) in [6.07, 6.45) is 2.27. The van der Waals surface area contributed by atoms with E-state index in [1.807, 2.05) is 13.0 Å². The highest BCUT2D eigenvalue weighted by molar-refractivity contribution is 6.37. The van der Waals surface area contributed by atoms with Crippen molar-refractivity contribution >= 4 is 40.0 Å².